The van der Waals surface area contributed by atoms with Gasteiger partial charge in [-0.3, -0.25) is 4.68 Å². The molecule has 0 amide bonds. The second-order valence-electron chi connectivity index (χ2n) is 7.20. The van der Waals surface area contributed by atoms with Gasteiger partial charge in [0, 0.05) is 43.0 Å². The standard InChI is InChI=1S/C24H27N5O/c1-29-19(12-15-27-29)17-25-13-5-14-26-24-16-23(18-8-10-20(30-2)11-9-18)28-22-7-4-3-6-21(22)24/h3-4,6-12,15-16,25H,5,13-14,17H2,1-2H3,(H,26,28). The number of benzene rings is 2. The maximum absolute atomic E-state index is 5.27. The molecule has 0 aliphatic heterocycles. The molecule has 0 bridgehead atoms. The van der Waals surface area contributed by atoms with Crippen molar-refractivity contribution in [3.63, 3.8) is 0 Å². The van der Waals surface area contributed by atoms with Crippen molar-refractivity contribution in [3.05, 3.63) is 72.6 Å². The highest BCUT2D eigenvalue weighted by atomic mass is 16.5. The van der Waals surface area contributed by atoms with E-state index < -0.39 is 0 Å². The number of aromatic nitrogens is 3. The maximum atomic E-state index is 5.27. The summed E-state index contributed by atoms with van der Waals surface area (Å²) >= 11 is 0. The van der Waals surface area contributed by atoms with Crippen LogP contribution in [0.25, 0.3) is 22.2 Å². The number of aryl methyl sites for hydroxylation is 1. The fourth-order valence-corrected chi connectivity index (χ4v) is 3.46. The summed E-state index contributed by atoms with van der Waals surface area (Å²) in [6.45, 7) is 2.65. The third-order valence-electron chi connectivity index (χ3n) is 5.18. The summed E-state index contributed by atoms with van der Waals surface area (Å²) in [5.41, 5.74) is 5.31. The van der Waals surface area contributed by atoms with Gasteiger partial charge in [0.2, 0.25) is 0 Å². The van der Waals surface area contributed by atoms with Crippen LogP contribution in [-0.4, -0.2) is 35.0 Å². The maximum Gasteiger partial charge on any atom is 0.118 e. The van der Waals surface area contributed by atoms with Crippen molar-refractivity contribution >= 4 is 16.6 Å². The minimum absolute atomic E-state index is 0.830. The second-order valence-corrected chi connectivity index (χ2v) is 7.20. The molecule has 0 fully saturated rings. The van der Waals surface area contributed by atoms with Crippen LogP contribution in [0.4, 0.5) is 5.69 Å². The van der Waals surface area contributed by atoms with Gasteiger partial charge >= 0.3 is 0 Å². The van der Waals surface area contributed by atoms with Crippen molar-refractivity contribution in [2.75, 3.05) is 25.5 Å². The van der Waals surface area contributed by atoms with E-state index in [0.717, 1.165) is 59.7 Å². The van der Waals surface area contributed by atoms with Gasteiger partial charge in [0.1, 0.15) is 5.75 Å². The Morgan fingerprint density at radius 3 is 2.60 bits per heavy atom. The molecule has 6 nitrogen and oxygen atoms in total. The van der Waals surface area contributed by atoms with E-state index in [1.165, 1.54) is 5.69 Å². The number of nitrogens with one attached hydrogen (secondary N) is 2. The summed E-state index contributed by atoms with van der Waals surface area (Å²) in [4.78, 5) is 4.85. The molecule has 0 unspecified atom stereocenters. The fraction of sp³-hybridized carbons (Fsp3) is 0.250. The number of nitrogens with zero attached hydrogens (tertiary/aromatic N) is 3. The minimum atomic E-state index is 0.830. The lowest BCUT2D eigenvalue weighted by Gasteiger charge is -2.13. The first-order chi connectivity index (χ1) is 14.7. The predicted octanol–water partition coefficient (Wildman–Crippen LogP) is 4.24. The molecule has 0 aliphatic carbocycles. The third kappa shape index (κ3) is 4.60. The largest absolute Gasteiger partial charge is 0.497 e. The highest BCUT2D eigenvalue weighted by molar-refractivity contribution is 5.93. The lowest BCUT2D eigenvalue weighted by atomic mass is 10.1. The molecule has 2 N–H and O–H groups in total. The molecule has 4 aromatic rings. The fourth-order valence-electron chi connectivity index (χ4n) is 3.46. The quantitative estimate of drug-likeness (QED) is 0.411. The molecule has 2 aromatic heterocycles. The van der Waals surface area contributed by atoms with E-state index in [-0.39, 0.29) is 0 Å². The van der Waals surface area contributed by atoms with E-state index in [0.29, 0.717) is 0 Å². The first-order valence-corrected chi connectivity index (χ1v) is 10.2. The molecule has 0 saturated heterocycles. The Bertz CT molecular complexity index is 1100. The van der Waals surface area contributed by atoms with Crippen LogP contribution in [0.1, 0.15) is 12.1 Å². The van der Waals surface area contributed by atoms with Crippen molar-refractivity contribution in [3.8, 4) is 17.0 Å². The molecule has 0 aliphatic rings. The number of rotatable bonds is 9. The van der Waals surface area contributed by atoms with Gasteiger partial charge in [0.15, 0.2) is 0 Å². The molecule has 0 atom stereocenters. The number of para-hydroxylation sites is 1. The second kappa shape index (κ2) is 9.41. The van der Waals surface area contributed by atoms with Crippen LogP contribution in [-0.2, 0) is 13.6 Å². The summed E-state index contributed by atoms with van der Waals surface area (Å²) in [6.07, 6.45) is 2.85. The van der Waals surface area contributed by atoms with Gasteiger partial charge in [-0.15, -0.1) is 0 Å². The Morgan fingerprint density at radius 1 is 1.00 bits per heavy atom. The third-order valence-corrected chi connectivity index (χ3v) is 5.18. The number of ether oxygens (including phenoxy) is 1. The van der Waals surface area contributed by atoms with Crippen molar-refractivity contribution in [1.82, 2.24) is 20.1 Å². The Hall–Kier alpha value is -3.38. The number of pyridine rings is 1. The van der Waals surface area contributed by atoms with Crippen LogP contribution >= 0.6 is 0 Å². The number of anilines is 1. The molecule has 6 heteroatoms. The Morgan fingerprint density at radius 2 is 1.83 bits per heavy atom. The van der Waals surface area contributed by atoms with Crippen molar-refractivity contribution < 1.29 is 4.74 Å². The minimum Gasteiger partial charge on any atom is -0.497 e. The van der Waals surface area contributed by atoms with E-state index in [1.807, 2.05) is 54.3 Å². The van der Waals surface area contributed by atoms with Gasteiger partial charge in [0.25, 0.3) is 0 Å². The van der Waals surface area contributed by atoms with Crippen LogP contribution < -0.4 is 15.4 Å². The zero-order chi connectivity index (χ0) is 20.8. The van der Waals surface area contributed by atoms with E-state index in [1.54, 1.807) is 7.11 Å². The number of fused-ring (bicyclic) bond motifs is 1. The zero-order valence-corrected chi connectivity index (χ0v) is 17.4. The van der Waals surface area contributed by atoms with E-state index >= 15 is 0 Å². The number of methoxy groups -OCH3 is 1. The Labute approximate surface area is 176 Å². The summed E-state index contributed by atoms with van der Waals surface area (Å²) in [7, 11) is 3.64. The first-order valence-electron chi connectivity index (χ1n) is 10.2. The SMILES string of the molecule is COc1ccc(-c2cc(NCCCNCc3ccnn3C)c3ccccc3n2)cc1. The van der Waals surface area contributed by atoms with Crippen molar-refractivity contribution in [2.45, 2.75) is 13.0 Å². The monoisotopic (exact) mass is 401 g/mol. The highest BCUT2D eigenvalue weighted by Gasteiger charge is 2.08. The summed E-state index contributed by atoms with van der Waals surface area (Å²) < 4.78 is 7.17. The lowest BCUT2D eigenvalue weighted by molar-refractivity contribution is 0.415. The predicted molar refractivity (Wildman–Crippen MR) is 122 cm³/mol. The van der Waals surface area contributed by atoms with Crippen LogP contribution in [0.3, 0.4) is 0 Å². The molecule has 154 valence electrons. The van der Waals surface area contributed by atoms with Crippen molar-refractivity contribution in [2.24, 2.45) is 7.05 Å². The van der Waals surface area contributed by atoms with Crippen LogP contribution in [0, 0.1) is 0 Å². The molecule has 0 spiro atoms. The average Bonchev–Trinajstić information content (AvgIpc) is 3.20. The molecule has 30 heavy (non-hydrogen) atoms. The summed E-state index contributed by atoms with van der Waals surface area (Å²) in [5, 5.41) is 12.4. The van der Waals surface area contributed by atoms with Gasteiger partial charge in [-0.05, 0) is 55.4 Å². The van der Waals surface area contributed by atoms with Gasteiger partial charge in [-0.1, -0.05) is 18.2 Å². The number of hydrogen-bond acceptors (Lipinski definition) is 5. The molecule has 4 rings (SSSR count). The van der Waals surface area contributed by atoms with Gasteiger partial charge in [-0.2, -0.15) is 5.10 Å². The normalized spacial score (nSPS) is 11.0. The lowest BCUT2D eigenvalue weighted by Crippen LogP contribution is -2.19. The van der Waals surface area contributed by atoms with Crippen LogP contribution in [0.5, 0.6) is 5.75 Å². The zero-order valence-electron chi connectivity index (χ0n) is 17.4. The summed E-state index contributed by atoms with van der Waals surface area (Å²) in [5.74, 6) is 0.844. The summed E-state index contributed by atoms with van der Waals surface area (Å²) in [6, 6.07) is 20.4. The topological polar surface area (TPSA) is 64.0 Å². The van der Waals surface area contributed by atoms with E-state index in [4.69, 9.17) is 9.72 Å². The molecule has 2 heterocycles. The average molecular weight is 402 g/mol. The van der Waals surface area contributed by atoms with E-state index in [2.05, 4.69) is 40.0 Å². The Kier molecular flexibility index (Phi) is 6.25. The van der Waals surface area contributed by atoms with Gasteiger partial charge < -0.3 is 15.4 Å². The molecular formula is C24H27N5O. The van der Waals surface area contributed by atoms with Gasteiger partial charge in [0.05, 0.1) is 24.0 Å². The first kappa shape index (κ1) is 19.9. The van der Waals surface area contributed by atoms with Gasteiger partial charge in [-0.25, -0.2) is 4.98 Å². The molecular weight excluding hydrogens is 374 g/mol. The van der Waals surface area contributed by atoms with Crippen LogP contribution in [0.2, 0.25) is 0 Å². The number of hydrogen-bond donors (Lipinski definition) is 2. The Balaban J connectivity index is 1.42. The molecule has 2 aromatic carbocycles. The molecule has 0 saturated carbocycles. The highest BCUT2D eigenvalue weighted by Crippen LogP contribution is 2.29. The molecule has 0 radical (unpaired) electrons. The van der Waals surface area contributed by atoms with Crippen molar-refractivity contribution in [1.29, 1.82) is 0 Å². The van der Waals surface area contributed by atoms with Crippen LogP contribution in [0.15, 0.2) is 66.9 Å². The van der Waals surface area contributed by atoms with E-state index in [9.17, 15) is 0 Å². The smallest absolute Gasteiger partial charge is 0.118 e.